The standard InChI is InChI=1S/C16H23BrO/c1-11-4-9-14(15(18)10-11)16(2,3)12-5-7-13(17)8-6-12/h5-8,11,14-15,18H,4,9-10H2,1-3H3/t11-,14-,15-/m1/s1. The Morgan fingerprint density at radius 2 is 1.78 bits per heavy atom. The van der Waals surface area contributed by atoms with Crippen LogP contribution in [0.5, 0.6) is 0 Å². The molecule has 0 amide bonds. The molecule has 1 aromatic carbocycles. The molecular weight excluding hydrogens is 288 g/mol. The lowest BCUT2D eigenvalue weighted by atomic mass is 9.64. The van der Waals surface area contributed by atoms with Crippen LogP contribution >= 0.6 is 15.9 Å². The van der Waals surface area contributed by atoms with Gasteiger partial charge in [-0.3, -0.25) is 0 Å². The van der Waals surface area contributed by atoms with Crippen molar-refractivity contribution in [2.45, 2.75) is 51.6 Å². The first kappa shape index (κ1) is 14.1. The van der Waals surface area contributed by atoms with Gasteiger partial charge in [0.1, 0.15) is 0 Å². The molecule has 1 aliphatic rings. The lowest BCUT2D eigenvalue weighted by Crippen LogP contribution is -2.41. The van der Waals surface area contributed by atoms with Crippen LogP contribution in [0, 0.1) is 11.8 Å². The van der Waals surface area contributed by atoms with Gasteiger partial charge in [-0.15, -0.1) is 0 Å². The highest BCUT2D eigenvalue weighted by Gasteiger charge is 2.39. The monoisotopic (exact) mass is 310 g/mol. The molecule has 0 unspecified atom stereocenters. The van der Waals surface area contributed by atoms with E-state index in [-0.39, 0.29) is 11.5 Å². The van der Waals surface area contributed by atoms with Gasteiger partial charge in [-0.25, -0.2) is 0 Å². The van der Waals surface area contributed by atoms with Crippen molar-refractivity contribution in [2.24, 2.45) is 11.8 Å². The molecule has 2 rings (SSSR count). The van der Waals surface area contributed by atoms with Crippen molar-refractivity contribution in [3.8, 4) is 0 Å². The maximum atomic E-state index is 10.4. The van der Waals surface area contributed by atoms with E-state index in [0.29, 0.717) is 11.8 Å². The molecule has 0 heterocycles. The molecular formula is C16H23BrO. The Balaban J connectivity index is 2.22. The highest BCUT2D eigenvalue weighted by atomic mass is 79.9. The molecule has 0 saturated heterocycles. The second-order valence-electron chi connectivity index (χ2n) is 6.32. The van der Waals surface area contributed by atoms with Crippen LogP contribution in [-0.4, -0.2) is 11.2 Å². The van der Waals surface area contributed by atoms with Gasteiger partial charge in [0.15, 0.2) is 0 Å². The van der Waals surface area contributed by atoms with Crippen LogP contribution in [0.1, 0.15) is 45.6 Å². The zero-order chi connectivity index (χ0) is 13.3. The summed E-state index contributed by atoms with van der Waals surface area (Å²) in [4.78, 5) is 0. The first-order chi connectivity index (χ1) is 8.41. The number of halogens is 1. The van der Waals surface area contributed by atoms with Gasteiger partial charge in [-0.2, -0.15) is 0 Å². The van der Waals surface area contributed by atoms with Crippen LogP contribution in [0.4, 0.5) is 0 Å². The van der Waals surface area contributed by atoms with Crippen molar-refractivity contribution in [1.29, 1.82) is 0 Å². The first-order valence-electron chi connectivity index (χ1n) is 6.85. The van der Waals surface area contributed by atoms with E-state index in [1.807, 2.05) is 0 Å². The molecule has 3 atom stereocenters. The number of hydrogen-bond donors (Lipinski definition) is 1. The van der Waals surface area contributed by atoms with Gasteiger partial charge in [0.05, 0.1) is 6.10 Å². The fraction of sp³-hybridized carbons (Fsp3) is 0.625. The lowest BCUT2D eigenvalue weighted by Gasteiger charge is -2.42. The molecule has 18 heavy (non-hydrogen) atoms. The summed E-state index contributed by atoms with van der Waals surface area (Å²) in [5, 5.41) is 10.4. The SMILES string of the molecule is C[C@@H]1CC[C@@H](C(C)(C)c2ccc(Br)cc2)[C@H](O)C1. The van der Waals surface area contributed by atoms with Gasteiger partial charge in [-0.1, -0.05) is 55.3 Å². The lowest BCUT2D eigenvalue weighted by molar-refractivity contribution is 0.0143. The van der Waals surface area contributed by atoms with E-state index in [9.17, 15) is 5.11 Å². The van der Waals surface area contributed by atoms with Crippen LogP contribution in [0.25, 0.3) is 0 Å². The number of aliphatic hydroxyl groups excluding tert-OH is 1. The Morgan fingerprint density at radius 3 is 2.33 bits per heavy atom. The Kier molecular flexibility index (Phi) is 4.18. The van der Waals surface area contributed by atoms with Crippen LogP contribution < -0.4 is 0 Å². The third kappa shape index (κ3) is 2.80. The molecule has 0 spiro atoms. The first-order valence-corrected chi connectivity index (χ1v) is 7.64. The number of benzene rings is 1. The van der Waals surface area contributed by atoms with Crippen molar-refractivity contribution in [3.05, 3.63) is 34.3 Å². The van der Waals surface area contributed by atoms with Crippen molar-refractivity contribution in [3.63, 3.8) is 0 Å². The molecule has 0 aliphatic heterocycles. The molecule has 0 radical (unpaired) electrons. The largest absolute Gasteiger partial charge is 0.393 e. The zero-order valence-electron chi connectivity index (χ0n) is 11.5. The average Bonchev–Trinajstić information content (AvgIpc) is 2.29. The van der Waals surface area contributed by atoms with Crippen molar-refractivity contribution in [2.75, 3.05) is 0 Å². The van der Waals surface area contributed by atoms with E-state index >= 15 is 0 Å². The summed E-state index contributed by atoms with van der Waals surface area (Å²) in [6.07, 6.45) is 3.16. The maximum Gasteiger partial charge on any atom is 0.0579 e. The molecule has 0 aromatic heterocycles. The van der Waals surface area contributed by atoms with E-state index < -0.39 is 0 Å². The Labute approximate surface area is 119 Å². The smallest absolute Gasteiger partial charge is 0.0579 e. The van der Waals surface area contributed by atoms with Crippen LogP contribution in [0.2, 0.25) is 0 Å². The van der Waals surface area contributed by atoms with Crippen molar-refractivity contribution in [1.82, 2.24) is 0 Å². The Hall–Kier alpha value is -0.340. The third-order valence-electron chi connectivity index (χ3n) is 4.59. The molecule has 1 aromatic rings. The van der Waals surface area contributed by atoms with E-state index in [4.69, 9.17) is 0 Å². The Morgan fingerprint density at radius 1 is 1.17 bits per heavy atom. The van der Waals surface area contributed by atoms with Crippen LogP contribution in [-0.2, 0) is 5.41 Å². The normalized spacial score (nSPS) is 29.3. The topological polar surface area (TPSA) is 20.2 Å². The molecule has 1 N–H and O–H groups in total. The summed E-state index contributed by atoms with van der Waals surface area (Å²) in [6.45, 7) is 6.77. The Bertz CT molecular complexity index is 396. The summed E-state index contributed by atoms with van der Waals surface area (Å²) in [7, 11) is 0. The van der Waals surface area contributed by atoms with Gasteiger partial charge < -0.3 is 5.11 Å². The highest BCUT2D eigenvalue weighted by Crippen LogP contribution is 2.42. The summed E-state index contributed by atoms with van der Waals surface area (Å²) in [6, 6.07) is 8.54. The van der Waals surface area contributed by atoms with Gasteiger partial charge in [-0.05, 0) is 47.8 Å². The van der Waals surface area contributed by atoms with E-state index in [1.54, 1.807) is 0 Å². The molecule has 100 valence electrons. The van der Waals surface area contributed by atoms with Crippen LogP contribution in [0.3, 0.4) is 0 Å². The number of aliphatic hydroxyl groups is 1. The quantitative estimate of drug-likeness (QED) is 0.851. The summed E-state index contributed by atoms with van der Waals surface area (Å²) in [5.74, 6) is 1.03. The van der Waals surface area contributed by atoms with E-state index in [0.717, 1.165) is 17.3 Å². The second kappa shape index (κ2) is 5.34. The predicted molar refractivity (Wildman–Crippen MR) is 79.7 cm³/mol. The van der Waals surface area contributed by atoms with Crippen molar-refractivity contribution < 1.29 is 5.11 Å². The second-order valence-corrected chi connectivity index (χ2v) is 7.24. The van der Waals surface area contributed by atoms with Crippen LogP contribution in [0.15, 0.2) is 28.7 Å². The van der Waals surface area contributed by atoms with Gasteiger partial charge >= 0.3 is 0 Å². The number of hydrogen-bond acceptors (Lipinski definition) is 1. The highest BCUT2D eigenvalue weighted by molar-refractivity contribution is 9.10. The molecule has 0 bridgehead atoms. The third-order valence-corrected chi connectivity index (χ3v) is 5.12. The van der Waals surface area contributed by atoms with Crippen molar-refractivity contribution >= 4 is 15.9 Å². The van der Waals surface area contributed by atoms with E-state index in [1.165, 1.54) is 12.0 Å². The zero-order valence-corrected chi connectivity index (χ0v) is 13.1. The molecule has 1 nitrogen and oxygen atoms in total. The minimum absolute atomic E-state index is 0.0419. The fourth-order valence-corrected chi connectivity index (χ4v) is 3.55. The predicted octanol–water partition coefficient (Wildman–Crippen LogP) is 4.52. The summed E-state index contributed by atoms with van der Waals surface area (Å²) < 4.78 is 1.11. The summed E-state index contributed by atoms with van der Waals surface area (Å²) >= 11 is 3.48. The van der Waals surface area contributed by atoms with Gasteiger partial charge in [0.25, 0.3) is 0 Å². The average molecular weight is 311 g/mol. The molecule has 1 fully saturated rings. The number of rotatable bonds is 2. The minimum Gasteiger partial charge on any atom is -0.393 e. The minimum atomic E-state index is -0.160. The maximum absolute atomic E-state index is 10.4. The van der Waals surface area contributed by atoms with Gasteiger partial charge in [0.2, 0.25) is 0 Å². The summed E-state index contributed by atoms with van der Waals surface area (Å²) in [5.41, 5.74) is 1.37. The fourth-order valence-electron chi connectivity index (χ4n) is 3.29. The van der Waals surface area contributed by atoms with E-state index in [2.05, 4.69) is 61.0 Å². The molecule has 1 aliphatic carbocycles. The van der Waals surface area contributed by atoms with Gasteiger partial charge in [0, 0.05) is 4.47 Å². The molecule has 1 saturated carbocycles. The molecule has 2 heteroatoms.